The zero-order valence-electron chi connectivity index (χ0n) is 10.3. The Balaban J connectivity index is 2.61. The average molecular weight is 240 g/mol. The third-order valence-corrected chi connectivity index (χ3v) is 2.26. The summed E-state index contributed by atoms with van der Waals surface area (Å²) in [5.41, 5.74) is 6.21. The Labute approximate surface area is 101 Å². The lowest BCUT2D eigenvalue weighted by molar-refractivity contribution is 0.176. The quantitative estimate of drug-likeness (QED) is 0.659. The van der Waals surface area contributed by atoms with E-state index in [2.05, 4.69) is 15.3 Å². The first-order valence-electron chi connectivity index (χ1n) is 5.84. The lowest BCUT2D eigenvalue weighted by Gasteiger charge is -2.13. The predicted octanol–water partition coefficient (Wildman–Crippen LogP) is 1.03. The fourth-order valence-electron chi connectivity index (χ4n) is 1.42. The molecule has 0 fully saturated rings. The van der Waals surface area contributed by atoms with Crippen molar-refractivity contribution in [1.29, 1.82) is 0 Å². The van der Waals surface area contributed by atoms with Crippen LogP contribution in [0.4, 0.5) is 11.5 Å². The molecule has 0 spiro atoms. The average Bonchev–Trinajstić information content (AvgIpc) is 2.31. The van der Waals surface area contributed by atoms with Gasteiger partial charge in [0.05, 0.1) is 12.7 Å². The molecule has 1 unspecified atom stereocenters. The van der Waals surface area contributed by atoms with Crippen LogP contribution in [0, 0.1) is 0 Å². The van der Waals surface area contributed by atoms with Gasteiger partial charge in [-0.05, 0) is 13.3 Å². The number of nitrogens with one attached hydrogen (secondary N) is 1. The molecule has 96 valence electrons. The summed E-state index contributed by atoms with van der Waals surface area (Å²) in [6.45, 7) is 4.80. The van der Waals surface area contributed by atoms with Crippen molar-refractivity contribution in [2.24, 2.45) is 0 Å². The maximum absolute atomic E-state index is 9.60. The molecule has 6 heteroatoms. The number of nitrogens with two attached hydrogens (primary N) is 1. The number of hydrogen-bond donors (Lipinski definition) is 3. The summed E-state index contributed by atoms with van der Waals surface area (Å²) in [5.74, 6) is 0.869. The lowest BCUT2D eigenvalue weighted by atomic mass is 10.2. The SMILES string of the molecule is CCCC(O)CNc1ncnc(OCC)c1N. The molecule has 1 atom stereocenters. The first-order valence-corrected chi connectivity index (χ1v) is 5.84. The second-order valence-electron chi connectivity index (χ2n) is 3.70. The van der Waals surface area contributed by atoms with Crippen LogP contribution in [0.5, 0.6) is 5.88 Å². The van der Waals surface area contributed by atoms with Crippen LogP contribution >= 0.6 is 0 Å². The third kappa shape index (κ3) is 4.07. The molecule has 1 heterocycles. The standard InChI is InChI=1S/C11H20N4O2/c1-3-5-8(16)6-13-10-9(12)11(17-4-2)15-7-14-10/h7-8,16H,3-6,12H2,1-2H3,(H,13,14,15). The highest BCUT2D eigenvalue weighted by Crippen LogP contribution is 2.24. The van der Waals surface area contributed by atoms with Gasteiger partial charge in [-0.25, -0.2) is 4.98 Å². The van der Waals surface area contributed by atoms with Crippen LogP contribution in [0.1, 0.15) is 26.7 Å². The van der Waals surface area contributed by atoms with Crippen molar-refractivity contribution in [2.75, 3.05) is 24.2 Å². The van der Waals surface area contributed by atoms with Crippen LogP contribution in [0.2, 0.25) is 0 Å². The van der Waals surface area contributed by atoms with E-state index in [9.17, 15) is 5.11 Å². The molecule has 0 aromatic carbocycles. The monoisotopic (exact) mass is 240 g/mol. The molecular formula is C11H20N4O2. The van der Waals surface area contributed by atoms with E-state index in [1.165, 1.54) is 6.33 Å². The highest BCUT2D eigenvalue weighted by Gasteiger charge is 2.10. The van der Waals surface area contributed by atoms with Gasteiger partial charge < -0.3 is 20.9 Å². The molecule has 0 bridgehead atoms. The first-order chi connectivity index (χ1) is 8.19. The summed E-state index contributed by atoms with van der Waals surface area (Å²) >= 11 is 0. The van der Waals surface area contributed by atoms with Gasteiger partial charge >= 0.3 is 0 Å². The Morgan fingerprint density at radius 2 is 2.24 bits per heavy atom. The van der Waals surface area contributed by atoms with Gasteiger partial charge in [-0.2, -0.15) is 4.98 Å². The predicted molar refractivity (Wildman–Crippen MR) is 67.0 cm³/mol. The zero-order valence-corrected chi connectivity index (χ0v) is 10.3. The molecule has 0 aliphatic heterocycles. The smallest absolute Gasteiger partial charge is 0.242 e. The summed E-state index contributed by atoms with van der Waals surface area (Å²) in [7, 11) is 0. The minimum atomic E-state index is -0.398. The van der Waals surface area contributed by atoms with Gasteiger partial charge in [0.25, 0.3) is 0 Å². The molecule has 0 radical (unpaired) electrons. The molecule has 0 aliphatic rings. The molecule has 0 amide bonds. The molecule has 0 aliphatic carbocycles. The largest absolute Gasteiger partial charge is 0.476 e. The van der Waals surface area contributed by atoms with Gasteiger partial charge in [0.1, 0.15) is 12.0 Å². The topological polar surface area (TPSA) is 93.3 Å². The first kappa shape index (κ1) is 13.5. The maximum Gasteiger partial charge on any atom is 0.242 e. The van der Waals surface area contributed by atoms with Crippen molar-refractivity contribution in [2.45, 2.75) is 32.8 Å². The Morgan fingerprint density at radius 3 is 2.88 bits per heavy atom. The van der Waals surface area contributed by atoms with Gasteiger partial charge in [0, 0.05) is 6.54 Å². The fraction of sp³-hybridized carbons (Fsp3) is 0.636. The van der Waals surface area contributed by atoms with E-state index in [-0.39, 0.29) is 0 Å². The summed E-state index contributed by atoms with van der Waals surface area (Å²) in [5, 5.41) is 12.6. The Bertz CT molecular complexity index is 346. The van der Waals surface area contributed by atoms with Crippen LogP contribution < -0.4 is 15.8 Å². The Morgan fingerprint density at radius 1 is 1.47 bits per heavy atom. The van der Waals surface area contributed by atoms with E-state index in [0.717, 1.165) is 12.8 Å². The number of aliphatic hydroxyl groups is 1. The van der Waals surface area contributed by atoms with E-state index >= 15 is 0 Å². The van der Waals surface area contributed by atoms with Crippen molar-refractivity contribution < 1.29 is 9.84 Å². The van der Waals surface area contributed by atoms with E-state index in [1.54, 1.807) is 0 Å². The molecule has 1 rings (SSSR count). The minimum Gasteiger partial charge on any atom is -0.476 e. The molecule has 1 aromatic rings. The molecule has 1 aromatic heterocycles. The van der Waals surface area contributed by atoms with Crippen molar-refractivity contribution >= 4 is 11.5 Å². The number of ether oxygens (including phenoxy) is 1. The molecule has 17 heavy (non-hydrogen) atoms. The number of anilines is 2. The summed E-state index contributed by atoms with van der Waals surface area (Å²) in [4.78, 5) is 7.95. The van der Waals surface area contributed by atoms with Gasteiger partial charge in [0.2, 0.25) is 5.88 Å². The van der Waals surface area contributed by atoms with Crippen molar-refractivity contribution in [3.05, 3.63) is 6.33 Å². The summed E-state index contributed by atoms with van der Waals surface area (Å²) in [6, 6.07) is 0. The van der Waals surface area contributed by atoms with Crippen LogP contribution in [0.25, 0.3) is 0 Å². The Kier molecular flexibility index (Phi) is 5.48. The van der Waals surface area contributed by atoms with Crippen molar-refractivity contribution in [3.8, 4) is 5.88 Å². The number of nitrogens with zero attached hydrogens (tertiary/aromatic N) is 2. The zero-order chi connectivity index (χ0) is 12.7. The number of nitrogen functional groups attached to an aromatic ring is 1. The molecule has 0 saturated carbocycles. The third-order valence-electron chi connectivity index (χ3n) is 2.26. The number of hydrogen-bond acceptors (Lipinski definition) is 6. The normalized spacial score (nSPS) is 12.2. The fourth-order valence-corrected chi connectivity index (χ4v) is 1.42. The van der Waals surface area contributed by atoms with Crippen LogP contribution in [-0.4, -0.2) is 34.3 Å². The second kappa shape index (κ2) is 6.90. The molecule has 6 nitrogen and oxygen atoms in total. The lowest BCUT2D eigenvalue weighted by Crippen LogP contribution is -2.20. The number of aromatic nitrogens is 2. The highest BCUT2D eigenvalue weighted by atomic mass is 16.5. The van der Waals surface area contributed by atoms with E-state index in [0.29, 0.717) is 30.5 Å². The molecule has 0 saturated heterocycles. The van der Waals surface area contributed by atoms with Crippen LogP contribution in [-0.2, 0) is 0 Å². The number of aliphatic hydroxyl groups excluding tert-OH is 1. The van der Waals surface area contributed by atoms with Crippen LogP contribution in [0.3, 0.4) is 0 Å². The Hall–Kier alpha value is -1.56. The van der Waals surface area contributed by atoms with E-state index < -0.39 is 6.10 Å². The summed E-state index contributed by atoms with van der Waals surface area (Å²) < 4.78 is 5.25. The van der Waals surface area contributed by atoms with Crippen molar-refractivity contribution in [3.63, 3.8) is 0 Å². The van der Waals surface area contributed by atoms with Gasteiger partial charge in [0.15, 0.2) is 5.82 Å². The summed E-state index contributed by atoms with van der Waals surface area (Å²) in [6.07, 6.45) is 2.67. The van der Waals surface area contributed by atoms with Gasteiger partial charge in [-0.15, -0.1) is 0 Å². The van der Waals surface area contributed by atoms with E-state index in [4.69, 9.17) is 10.5 Å². The molecule has 4 N–H and O–H groups in total. The van der Waals surface area contributed by atoms with Crippen molar-refractivity contribution in [1.82, 2.24) is 9.97 Å². The van der Waals surface area contributed by atoms with Gasteiger partial charge in [-0.1, -0.05) is 13.3 Å². The minimum absolute atomic E-state index is 0.370. The second-order valence-corrected chi connectivity index (χ2v) is 3.70. The number of rotatable bonds is 7. The maximum atomic E-state index is 9.60. The van der Waals surface area contributed by atoms with E-state index in [1.807, 2.05) is 13.8 Å². The van der Waals surface area contributed by atoms with Gasteiger partial charge in [-0.3, -0.25) is 0 Å². The van der Waals surface area contributed by atoms with Crippen LogP contribution in [0.15, 0.2) is 6.33 Å². The highest BCUT2D eigenvalue weighted by molar-refractivity contribution is 5.66. The molecular weight excluding hydrogens is 220 g/mol.